The number of nitrogens with zero attached hydrogens (tertiary/aromatic N) is 2. The molecule has 2 aromatic rings. The highest BCUT2D eigenvalue weighted by Gasteiger charge is 2.17. The summed E-state index contributed by atoms with van der Waals surface area (Å²) in [5.74, 6) is 0.843. The molecular weight excluding hydrogens is 314 g/mol. The van der Waals surface area contributed by atoms with Crippen molar-refractivity contribution in [1.29, 1.82) is 0 Å². The SMILES string of the molecule is CCCCOc1cccc(CNC(=O)N(C)C(C)c2ccccn2)c1. The molecule has 5 nitrogen and oxygen atoms in total. The molecule has 1 N–H and O–H groups in total. The molecule has 0 radical (unpaired) electrons. The Labute approximate surface area is 150 Å². The number of hydrogen-bond acceptors (Lipinski definition) is 3. The van der Waals surface area contributed by atoms with Gasteiger partial charge in [-0.05, 0) is 43.2 Å². The average Bonchev–Trinajstić information content (AvgIpc) is 2.66. The quantitative estimate of drug-likeness (QED) is 0.733. The number of unbranched alkanes of at least 4 members (excludes halogenated alkanes) is 1. The number of rotatable bonds is 8. The lowest BCUT2D eigenvalue weighted by molar-refractivity contribution is 0.193. The van der Waals surface area contributed by atoms with Gasteiger partial charge in [0.05, 0.1) is 18.3 Å². The van der Waals surface area contributed by atoms with Gasteiger partial charge in [-0.15, -0.1) is 0 Å². The van der Waals surface area contributed by atoms with Crippen LogP contribution in [-0.2, 0) is 6.54 Å². The minimum absolute atomic E-state index is 0.0927. The predicted octanol–water partition coefficient (Wildman–Crippen LogP) is 4.16. The summed E-state index contributed by atoms with van der Waals surface area (Å²) in [7, 11) is 1.78. The van der Waals surface area contributed by atoms with Crippen LogP contribution >= 0.6 is 0 Å². The average molecular weight is 341 g/mol. The van der Waals surface area contributed by atoms with E-state index in [1.165, 1.54) is 0 Å². The monoisotopic (exact) mass is 341 g/mol. The van der Waals surface area contributed by atoms with Crippen molar-refractivity contribution in [3.8, 4) is 5.75 Å². The standard InChI is InChI=1S/C20H27N3O2/c1-4-5-13-25-18-10-8-9-17(14-18)15-22-20(24)23(3)16(2)19-11-6-7-12-21-19/h6-12,14,16H,4-5,13,15H2,1-3H3,(H,22,24). The molecule has 134 valence electrons. The third-order valence-corrected chi connectivity index (χ3v) is 4.13. The molecule has 2 rings (SSSR count). The fraction of sp³-hybridized carbons (Fsp3) is 0.400. The van der Waals surface area contributed by atoms with Crippen LogP contribution in [0.3, 0.4) is 0 Å². The first-order valence-electron chi connectivity index (χ1n) is 8.75. The minimum atomic E-state index is -0.129. The van der Waals surface area contributed by atoms with E-state index in [-0.39, 0.29) is 12.1 Å². The normalized spacial score (nSPS) is 11.6. The fourth-order valence-corrected chi connectivity index (χ4v) is 2.38. The maximum Gasteiger partial charge on any atom is 0.317 e. The molecule has 1 atom stereocenters. The van der Waals surface area contributed by atoms with Crippen molar-refractivity contribution in [3.63, 3.8) is 0 Å². The van der Waals surface area contributed by atoms with Crippen molar-refractivity contribution in [2.24, 2.45) is 0 Å². The van der Waals surface area contributed by atoms with Gasteiger partial charge in [0.1, 0.15) is 5.75 Å². The summed E-state index contributed by atoms with van der Waals surface area (Å²) in [6.45, 7) is 5.28. The highest BCUT2D eigenvalue weighted by molar-refractivity contribution is 5.74. The van der Waals surface area contributed by atoms with E-state index in [4.69, 9.17) is 4.74 Å². The number of aromatic nitrogens is 1. The number of pyridine rings is 1. The van der Waals surface area contributed by atoms with Crippen molar-refractivity contribution >= 4 is 6.03 Å². The van der Waals surface area contributed by atoms with Crippen LogP contribution in [0.25, 0.3) is 0 Å². The van der Waals surface area contributed by atoms with E-state index in [0.717, 1.165) is 36.5 Å². The lowest BCUT2D eigenvalue weighted by Gasteiger charge is -2.24. The summed E-state index contributed by atoms with van der Waals surface area (Å²) in [4.78, 5) is 18.3. The van der Waals surface area contributed by atoms with E-state index < -0.39 is 0 Å². The molecule has 5 heteroatoms. The van der Waals surface area contributed by atoms with Crippen molar-refractivity contribution in [1.82, 2.24) is 15.2 Å². The highest BCUT2D eigenvalue weighted by Crippen LogP contribution is 2.17. The minimum Gasteiger partial charge on any atom is -0.494 e. The van der Waals surface area contributed by atoms with Crippen LogP contribution in [-0.4, -0.2) is 29.6 Å². The van der Waals surface area contributed by atoms with E-state index in [2.05, 4.69) is 17.2 Å². The maximum atomic E-state index is 12.4. The van der Waals surface area contributed by atoms with Crippen molar-refractivity contribution in [3.05, 3.63) is 59.9 Å². The highest BCUT2D eigenvalue weighted by atomic mass is 16.5. The first-order chi connectivity index (χ1) is 12.1. The van der Waals surface area contributed by atoms with Gasteiger partial charge in [-0.3, -0.25) is 4.98 Å². The number of carbonyl (C=O) groups is 1. The van der Waals surface area contributed by atoms with Crippen LogP contribution in [0.5, 0.6) is 5.75 Å². The van der Waals surface area contributed by atoms with Crippen LogP contribution in [0.15, 0.2) is 48.7 Å². The maximum absolute atomic E-state index is 12.4. The summed E-state index contributed by atoms with van der Waals surface area (Å²) in [6.07, 6.45) is 3.88. The Morgan fingerprint density at radius 3 is 2.84 bits per heavy atom. The molecule has 0 bridgehead atoms. The number of urea groups is 1. The van der Waals surface area contributed by atoms with Gasteiger partial charge in [-0.25, -0.2) is 4.79 Å². The number of nitrogens with one attached hydrogen (secondary N) is 1. The number of amides is 2. The third kappa shape index (κ3) is 5.78. The van der Waals surface area contributed by atoms with Crippen LogP contribution in [0.2, 0.25) is 0 Å². The Hall–Kier alpha value is -2.56. The van der Waals surface area contributed by atoms with Gasteiger partial charge in [0.2, 0.25) is 0 Å². The van der Waals surface area contributed by atoms with E-state index in [9.17, 15) is 4.79 Å². The van der Waals surface area contributed by atoms with Crippen LogP contribution in [0.4, 0.5) is 4.79 Å². The Kier molecular flexibility index (Phi) is 7.26. The van der Waals surface area contributed by atoms with Gasteiger partial charge in [0, 0.05) is 19.8 Å². The van der Waals surface area contributed by atoms with Gasteiger partial charge in [0.15, 0.2) is 0 Å². The van der Waals surface area contributed by atoms with E-state index in [0.29, 0.717) is 6.54 Å². The predicted molar refractivity (Wildman–Crippen MR) is 99.5 cm³/mol. The first-order valence-corrected chi connectivity index (χ1v) is 8.75. The number of benzene rings is 1. The van der Waals surface area contributed by atoms with Crippen molar-refractivity contribution in [2.75, 3.05) is 13.7 Å². The Bertz CT molecular complexity index is 661. The third-order valence-electron chi connectivity index (χ3n) is 4.13. The van der Waals surface area contributed by atoms with Crippen LogP contribution < -0.4 is 10.1 Å². The van der Waals surface area contributed by atoms with Gasteiger partial charge in [-0.1, -0.05) is 31.5 Å². The molecule has 1 aromatic carbocycles. The van der Waals surface area contributed by atoms with Crippen LogP contribution in [0, 0.1) is 0 Å². The molecule has 0 saturated carbocycles. The molecule has 0 aliphatic rings. The molecule has 1 unspecified atom stereocenters. The second kappa shape index (κ2) is 9.67. The molecule has 1 aromatic heterocycles. The van der Waals surface area contributed by atoms with Gasteiger partial charge in [0.25, 0.3) is 0 Å². The molecule has 25 heavy (non-hydrogen) atoms. The molecule has 0 fully saturated rings. The largest absolute Gasteiger partial charge is 0.494 e. The van der Waals surface area contributed by atoms with Gasteiger partial charge in [-0.2, -0.15) is 0 Å². The molecule has 2 amide bonds. The second-order valence-electron chi connectivity index (χ2n) is 6.05. The molecule has 0 aliphatic carbocycles. The zero-order valence-corrected chi connectivity index (χ0v) is 15.2. The summed E-state index contributed by atoms with van der Waals surface area (Å²) < 4.78 is 5.71. The van der Waals surface area contributed by atoms with Crippen molar-refractivity contribution < 1.29 is 9.53 Å². The summed E-state index contributed by atoms with van der Waals surface area (Å²) in [5, 5.41) is 2.95. The number of carbonyl (C=O) groups excluding carboxylic acids is 1. The molecular formula is C20H27N3O2. The van der Waals surface area contributed by atoms with E-state index in [1.807, 2.05) is 49.4 Å². The molecule has 0 saturated heterocycles. The number of ether oxygens (including phenoxy) is 1. The van der Waals surface area contributed by atoms with Crippen LogP contribution in [0.1, 0.15) is 44.0 Å². The molecule has 0 spiro atoms. The summed E-state index contributed by atoms with van der Waals surface area (Å²) in [5.41, 5.74) is 1.88. The second-order valence-corrected chi connectivity index (χ2v) is 6.05. The Morgan fingerprint density at radius 2 is 2.12 bits per heavy atom. The van der Waals surface area contributed by atoms with Crippen molar-refractivity contribution in [2.45, 2.75) is 39.3 Å². The lowest BCUT2D eigenvalue weighted by Crippen LogP contribution is -2.38. The summed E-state index contributed by atoms with van der Waals surface area (Å²) >= 11 is 0. The summed E-state index contributed by atoms with van der Waals surface area (Å²) in [6, 6.07) is 13.3. The first kappa shape index (κ1) is 18.8. The molecule has 0 aliphatic heterocycles. The molecule has 1 heterocycles. The van der Waals surface area contributed by atoms with Gasteiger partial charge < -0.3 is 15.0 Å². The topological polar surface area (TPSA) is 54.5 Å². The zero-order valence-electron chi connectivity index (χ0n) is 15.2. The van der Waals surface area contributed by atoms with E-state index in [1.54, 1.807) is 18.1 Å². The van der Waals surface area contributed by atoms with E-state index >= 15 is 0 Å². The fourth-order valence-electron chi connectivity index (χ4n) is 2.38. The Balaban J connectivity index is 1.87. The number of hydrogen-bond donors (Lipinski definition) is 1. The Morgan fingerprint density at radius 1 is 1.28 bits per heavy atom. The zero-order chi connectivity index (χ0) is 18.1. The lowest BCUT2D eigenvalue weighted by atomic mass is 10.2. The van der Waals surface area contributed by atoms with Gasteiger partial charge >= 0.3 is 6.03 Å². The smallest absolute Gasteiger partial charge is 0.317 e.